The molecular formula is C16H8ClFO4. The second-order valence-electron chi connectivity index (χ2n) is 4.44. The van der Waals surface area contributed by atoms with Gasteiger partial charge < -0.3 is 9.15 Å². The number of hydrogen-bond acceptors (Lipinski definition) is 4. The highest BCUT2D eigenvalue weighted by Crippen LogP contribution is 2.23. The monoisotopic (exact) mass is 318 g/mol. The molecule has 22 heavy (non-hydrogen) atoms. The summed E-state index contributed by atoms with van der Waals surface area (Å²) in [6.07, 6.45) is 0. The average Bonchev–Trinajstić information content (AvgIpc) is 2.46. The van der Waals surface area contributed by atoms with Crippen molar-refractivity contribution in [1.29, 1.82) is 0 Å². The van der Waals surface area contributed by atoms with Crippen LogP contribution in [0.2, 0.25) is 5.02 Å². The molecule has 0 amide bonds. The molecule has 1 heterocycles. The Morgan fingerprint density at radius 2 is 1.91 bits per heavy atom. The average molecular weight is 319 g/mol. The van der Waals surface area contributed by atoms with Crippen molar-refractivity contribution in [3.8, 4) is 5.75 Å². The third kappa shape index (κ3) is 2.71. The van der Waals surface area contributed by atoms with E-state index in [0.29, 0.717) is 5.39 Å². The SMILES string of the molecule is O=C(Oc1ccc2ccc(=O)oc2c1)c1c(F)cccc1Cl. The van der Waals surface area contributed by atoms with E-state index in [1.54, 1.807) is 12.1 Å². The highest BCUT2D eigenvalue weighted by molar-refractivity contribution is 6.33. The minimum Gasteiger partial charge on any atom is -0.423 e. The Labute approximate surface area is 128 Å². The lowest BCUT2D eigenvalue weighted by molar-refractivity contribution is 0.0730. The van der Waals surface area contributed by atoms with Gasteiger partial charge in [-0.2, -0.15) is 0 Å². The molecule has 0 saturated carbocycles. The van der Waals surface area contributed by atoms with Crippen LogP contribution in [0.3, 0.4) is 0 Å². The van der Waals surface area contributed by atoms with E-state index in [-0.39, 0.29) is 21.9 Å². The Kier molecular flexibility index (Phi) is 3.65. The molecule has 0 atom stereocenters. The topological polar surface area (TPSA) is 56.5 Å². The molecule has 3 aromatic rings. The molecule has 110 valence electrons. The van der Waals surface area contributed by atoms with Gasteiger partial charge in [0.15, 0.2) is 0 Å². The maximum absolute atomic E-state index is 13.7. The largest absolute Gasteiger partial charge is 0.423 e. The Morgan fingerprint density at radius 1 is 1.14 bits per heavy atom. The van der Waals surface area contributed by atoms with E-state index in [9.17, 15) is 14.0 Å². The van der Waals surface area contributed by atoms with Crippen LogP contribution in [0.5, 0.6) is 5.75 Å². The molecule has 0 aliphatic rings. The van der Waals surface area contributed by atoms with Gasteiger partial charge in [-0.1, -0.05) is 17.7 Å². The van der Waals surface area contributed by atoms with Crippen LogP contribution in [0, 0.1) is 5.82 Å². The van der Waals surface area contributed by atoms with Crippen molar-refractivity contribution in [2.75, 3.05) is 0 Å². The number of benzene rings is 2. The van der Waals surface area contributed by atoms with Crippen LogP contribution >= 0.6 is 11.6 Å². The summed E-state index contributed by atoms with van der Waals surface area (Å²) in [5, 5.41) is 0.626. The molecule has 0 saturated heterocycles. The molecule has 2 aromatic carbocycles. The summed E-state index contributed by atoms with van der Waals surface area (Å²) < 4.78 is 23.7. The van der Waals surface area contributed by atoms with Gasteiger partial charge in [-0.25, -0.2) is 14.0 Å². The van der Waals surface area contributed by atoms with Crippen LogP contribution in [0.15, 0.2) is 57.7 Å². The summed E-state index contributed by atoms with van der Waals surface area (Å²) in [6, 6.07) is 11.3. The summed E-state index contributed by atoms with van der Waals surface area (Å²) in [4.78, 5) is 23.2. The molecule has 0 fully saturated rings. The van der Waals surface area contributed by atoms with Crippen LogP contribution in [-0.4, -0.2) is 5.97 Å². The molecule has 0 radical (unpaired) electrons. The van der Waals surface area contributed by atoms with Crippen molar-refractivity contribution < 1.29 is 18.3 Å². The second kappa shape index (κ2) is 5.61. The lowest BCUT2D eigenvalue weighted by atomic mass is 10.2. The zero-order valence-corrected chi connectivity index (χ0v) is 11.8. The first-order chi connectivity index (χ1) is 10.5. The molecule has 0 N–H and O–H groups in total. The third-order valence-corrected chi connectivity index (χ3v) is 3.29. The number of ether oxygens (including phenoxy) is 1. The molecule has 0 aliphatic carbocycles. The van der Waals surface area contributed by atoms with E-state index in [2.05, 4.69) is 0 Å². The molecule has 1 aromatic heterocycles. The molecule has 0 unspecified atom stereocenters. The van der Waals surface area contributed by atoms with Crippen molar-refractivity contribution in [3.05, 3.63) is 75.4 Å². The summed E-state index contributed by atoms with van der Waals surface area (Å²) in [5.41, 5.74) is -0.607. The highest BCUT2D eigenvalue weighted by atomic mass is 35.5. The van der Waals surface area contributed by atoms with Crippen molar-refractivity contribution in [2.45, 2.75) is 0 Å². The first kappa shape index (κ1) is 14.3. The summed E-state index contributed by atoms with van der Waals surface area (Å²) in [7, 11) is 0. The van der Waals surface area contributed by atoms with E-state index in [1.165, 1.54) is 30.3 Å². The Bertz CT molecular complexity index is 913. The highest BCUT2D eigenvalue weighted by Gasteiger charge is 2.18. The normalized spacial score (nSPS) is 10.6. The lowest BCUT2D eigenvalue weighted by Crippen LogP contribution is -2.11. The summed E-state index contributed by atoms with van der Waals surface area (Å²) in [5.74, 6) is -1.59. The van der Waals surface area contributed by atoms with E-state index in [1.807, 2.05) is 0 Å². The minimum atomic E-state index is -0.930. The molecule has 0 spiro atoms. The fraction of sp³-hybridized carbons (Fsp3) is 0. The number of carbonyl (C=O) groups is 1. The molecule has 6 heteroatoms. The van der Waals surface area contributed by atoms with Gasteiger partial charge in [0.1, 0.15) is 22.7 Å². The number of rotatable bonds is 2. The van der Waals surface area contributed by atoms with Crippen molar-refractivity contribution in [2.24, 2.45) is 0 Å². The van der Waals surface area contributed by atoms with Gasteiger partial charge >= 0.3 is 11.6 Å². The standard InChI is InChI=1S/C16H8ClFO4/c17-11-2-1-3-12(18)15(11)16(20)21-10-6-4-9-5-7-14(19)22-13(9)8-10/h1-8H. The summed E-state index contributed by atoms with van der Waals surface area (Å²) >= 11 is 5.81. The van der Waals surface area contributed by atoms with Gasteiger partial charge in [-0.05, 0) is 30.3 Å². The van der Waals surface area contributed by atoms with E-state index in [4.69, 9.17) is 20.8 Å². The Hall–Kier alpha value is -2.66. The fourth-order valence-electron chi connectivity index (χ4n) is 1.96. The van der Waals surface area contributed by atoms with Crippen molar-refractivity contribution >= 4 is 28.5 Å². The quantitative estimate of drug-likeness (QED) is 0.409. The number of carbonyl (C=O) groups excluding carboxylic acids is 1. The predicted molar refractivity (Wildman–Crippen MR) is 78.9 cm³/mol. The smallest absolute Gasteiger partial charge is 0.348 e. The van der Waals surface area contributed by atoms with Gasteiger partial charge in [0.25, 0.3) is 0 Å². The Balaban J connectivity index is 1.96. The van der Waals surface area contributed by atoms with Crippen molar-refractivity contribution in [1.82, 2.24) is 0 Å². The van der Waals surface area contributed by atoms with Crippen LogP contribution in [0.25, 0.3) is 11.0 Å². The maximum atomic E-state index is 13.7. The van der Waals surface area contributed by atoms with E-state index < -0.39 is 17.4 Å². The van der Waals surface area contributed by atoms with E-state index in [0.717, 1.165) is 6.07 Å². The lowest BCUT2D eigenvalue weighted by Gasteiger charge is -2.07. The van der Waals surface area contributed by atoms with Gasteiger partial charge in [0, 0.05) is 17.5 Å². The summed E-state index contributed by atoms with van der Waals surface area (Å²) in [6.45, 7) is 0. The molecule has 0 bridgehead atoms. The zero-order valence-electron chi connectivity index (χ0n) is 11.0. The fourth-order valence-corrected chi connectivity index (χ4v) is 2.20. The van der Waals surface area contributed by atoms with Gasteiger partial charge in [0.05, 0.1) is 5.02 Å². The number of esters is 1. The van der Waals surface area contributed by atoms with Crippen molar-refractivity contribution in [3.63, 3.8) is 0 Å². The Morgan fingerprint density at radius 3 is 2.68 bits per heavy atom. The first-order valence-electron chi connectivity index (χ1n) is 6.25. The second-order valence-corrected chi connectivity index (χ2v) is 4.85. The van der Waals surface area contributed by atoms with Gasteiger partial charge in [0.2, 0.25) is 0 Å². The first-order valence-corrected chi connectivity index (χ1v) is 6.62. The molecule has 4 nitrogen and oxygen atoms in total. The number of hydrogen-bond donors (Lipinski definition) is 0. The van der Waals surface area contributed by atoms with Crippen LogP contribution in [0.4, 0.5) is 4.39 Å². The number of halogens is 2. The minimum absolute atomic E-state index is 0.0441. The predicted octanol–water partition coefficient (Wildman–Crippen LogP) is 3.80. The van der Waals surface area contributed by atoms with Gasteiger partial charge in [-0.15, -0.1) is 0 Å². The molecule has 3 rings (SSSR count). The van der Waals surface area contributed by atoms with Gasteiger partial charge in [-0.3, -0.25) is 0 Å². The van der Waals surface area contributed by atoms with E-state index >= 15 is 0 Å². The van der Waals surface area contributed by atoms with Crippen LogP contribution in [-0.2, 0) is 0 Å². The molecular weight excluding hydrogens is 311 g/mol. The number of fused-ring (bicyclic) bond motifs is 1. The maximum Gasteiger partial charge on any atom is 0.348 e. The van der Waals surface area contributed by atoms with Crippen LogP contribution in [0.1, 0.15) is 10.4 Å². The molecule has 0 aliphatic heterocycles. The third-order valence-electron chi connectivity index (χ3n) is 2.97. The zero-order chi connectivity index (χ0) is 15.7. The van der Waals surface area contributed by atoms with Crippen LogP contribution < -0.4 is 10.4 Å².